The molecule has 0 saturated carbocycles. The van der Waals surface area contributed by atoms with E-state index >= 15 is 0 Å². The Bertz CT molecular complexity index is 833. The Morgan fingerprint density at radius 2 is 1.81 bits per heavy atom. The van der Waals surface area contributed by atoms with E-state index in [1.165, 1.54) is 18.7 Å². The van der Waals surface area contributed by atoms with Crippen molar-refractivity contribution in [2.75, 3.05) is 38.2 Å². The highest BCUT2D eigenvalue weighted by Crippen LogP contribution is 2.26. The minimum atomic E-state index is -0.704. The maximum Gasteiger partial charge on any atom is 0.344 e. The molecule has 1 fully saturated rings. The van der Waals surface area contributed by atoms with Crippen LogP contribution in [0, 0.1) is 10.1 Å². The fourth-order valence-corrected chi connectivity index (χ4v) is 3.29. The van der Waals surface area contributed by atoms with E-state index in [2.05, 4.69) is 14.5 Å². The number of esters is 1. The number of benzene rings is 2. The number of piperazine rings is 1. The van der Waals surface area contributed by atoms with Crippen LogP contribution < -0.4 is 4.90 Å². The van der Waals surface area contributed by atoms with E-state index in [1.54, 1.807) is 12.1 Å². The molecule has 2 aromatic rings. The smallest absolute Gasteiger partial charge is 0.344 e. The zero-order valence-corrected chi connectivity index (χ0v) is 15.7. The molecule has 2 aromatic carbocycles. The normalized spacial score (nSPS) is 14.8. The van der Waals surface area contributed by atoms with Crippen LogP contribution in [0.15, 0.2) is 42.5 Å². The minimum absolute atomic E-state index is 0.0245. The fourth-order valence-electron chi connectivity index (χ4n) is 3.17. The van der Waals surface area contributed by atoms with Gasteiger partial charge in [-0.1, -0.05) is 23.7 Å². The van der Waals surface area contributed by atoms with Gasteiger partial charge in [-0.25, -0.2) is 4.79 Å². The van der Waals surface area contributed by atoms with Crippen molar-refractivity contribution >= 4 is 28.9 Å². The molecular formula is C19H20ClN3O4. The molecule has 0 N–H and O–H groups in total. The molecule has 0 atom stereocenters. The van der Waals surface area contributed by atoms with Gasteiger partial charge in [0.2, 0.25) is 0 Å². The van der Waals surface area contributed by atoms with Crippen molar-refractivity contribution in [1.82, 2.24) is 4.90 Å². The Kier molecular flexibility index (Phi) is 5.93. The first-order chi connectivity index (χ1) is 13.0. The van der Waals surface area contributed by atoms with E-state index in [1.807, 2.05) is 24.3 Å². The topological polar surface area (TPSA) is 75.9 Å². The number of nitrogens with zero attached hydrogens (tertiary/aromatic N) is 3. The van der Waals surface area contributed by atoms with Crippen LogP contribution >= 0.6 is 11.6 Å². The fraction of sp³-hybridized carbons (Fsp3) is 0.316. The van der Waals surface area contributed by atoms with Crippen LogP contribution in [0.3, 0.4) is 0 Å². The van der Waals surface area contributed by atoms with E-state index < -0.39 is 10.9 Å². The number of anilines is 1. The lowest BCUT2D eigenvalue weighted by atomic mass is 10.1. The lowest BCUT2D eigenvalue weighted by Crippen LogP contribution is -2.46. The molecule has 0 aromatic heterocycles. The average Bonchev–Trinajstić information content (AvgIpc) is 2.69. The van der Waals surface area contributed by atoms with Crippen molar-refractivity contribution < 1.29 is 14.5 Å². The molecule has 0 unspecified atom stereocenters. The van der Waals surface area contributed by atoms with Gasteiger partial charge in [-0.2, -0.15) is 0 Å². The molecule has 27 heavy (non-hydrogen) atoms. The molecular weight excluding hydrogens is 370 g/mol. The number of carbonyl (C=O) groups excluding carboxylic acids is 1. The molecule has 0 radical (unpaired) electrons. The molecule has 1 saturated heterocycles. The molecule has 0 spiro atoms. The van der Waals surface area contributed by atoms with Gasteiger partial charge in [0.15, 0.2) is 0 Å². The van der Waals surface area contributed by atoms with E-state index in [0.29, 0.717) is 0 Å². The molecule has 142 valence electrons. The van der Waals surface area contributed by atoms with Gasteiger partial charge in [0, 0.05) is 49.5 Å². The molecule has 1 aliphatic rings. The number of methoxy groups -OCH3 is 1. The van der Waals surface area contributed by atoms with Crippen LogP contribution in [0.1, 0.15) is 15.9 Å². The summed E-state index contributed by atoms with van der Waals surface area (Å²) in [5.74, 6) is -0.704. The van der Waals surface area contributed by atoms with Crippen molar-refractivity contribution in [2.45, 2.75) is 6.54 Å². The number of nitro benzene ring substituents is 1. The monoisotopic (exact) mass is 389 g/mol. The van der Waals surface area contributed by atoms with Crippen LogP contribution in [-0.2, 0) is 11.3 Å². The molecule has 1 aliphatic heterocycles. The predicted molar refractivity (Wildman–Crippen MR) is 103 cm³/mol. The van der Waals surface area contributed by atoms with Crippen LogP contribution in [-0.4, -0.2) is 49.1 Å². The first-order valence-corrected chi connectivity index (χ1v) is 8.94. The quantitative estimate of drug-likeness (QED) is 0.443. The van der Waals surface area contributed by atoms with Gasteiger partial charge in [0.05, 0.1) is 12.0 Å². The highest BCUT2D eigenvalue weighted by atomic mass is 35.5. The van der Waals surface area contributed by atoms with Crippen molar-refractivity contribution in [2.24, 2.45) is 0 Å². The zero-order valence-electron chi connectivity index (χ0n) is 14.9. The average molecular weight is 390 g/mol. The summed E-state index contributed by atoms with van der Waals surface area (Å²) >= 11 is 5.92. The van der Waals surface area contributed by atoms with Gasteiger partial charge in [-0.15, -0.1) is 0 Å². The second-order valence-electron chi connectivity index (χ2n) is 6.34. The van der Waals surface area contributed by atoms with Gasteiger partial charge in [0.25, 0.3) is 5.69 Å². The van der Waals surface area contributed by atoms with Gasteiger partial charge < -0.3 is 9.64 Å². The summed E-state index contributed by atoms with van der Waals surface area (Å²) in [6.45, 7) is 4.09. The van der Waals surface area contributed by atoms with Crippen molar-refractivity contribution in [3.63, 3.8) is 0 Å². The molecule has 1 heterocycles. The molecule has 7 nitrogen and oxygen atoms in total. The summed E-state index contributed by atoms with van der Waals surface area (Å²) in [5.41, 5.74) is 1.72. The van der Waals surface area contributed by atoms with Crippen molar-refractivity contribution in [3.8, 4) is 0 Å². The second-order valence-corrected chi connectivity index (χ2v) is 6.78. The molecule has 0 amide bonds. The largest absolute Gasteiger partial charge is 0.465 e. The van der Waals surface area contributed by atoms with Gasteiger partial charge >= 0.3 is 5.97 Å². The maximum atomic E-state index is 11.9. The van der Waals surface area contributed by atoms with Crippen LogP contribution in [0.4, 0.5) is 11.4 Å². The summed E-state index contributed by atoms with van der Waals surface area (Å²) in [6, 6.07) is 12.4. The van der Waals surface area contributed by atoms with Gasteiger partial charge in [-0.3, -0.25) is 15.0 Å². The van der Waals surface area contributed by atoms with Crippen LogP contribution in [0.5, 0.6) is 0 Å². The molecule has 3 rings (SSSR count). The number of hydrogen-bond donors (Lipinski definition) is 0. The summed E-state index contributed by atoms with van der Waals surface area (Å²) < 4.78 is 4.68. The second kappa shape index (κ2) is 8.37. The van der Waals surface area contributed by atoms with Crippen LogP contribution in [0.2, 0.25) is 5.02 Å². The Balaban J connectivity index is 1.67. The highest BCUT2D eigenvalue weighted by molar-refractivity contribution is 6.30. The van der Waals surface area contributed by atoms with E-state index in [9.17, 15) is 14.9 Å². The Morgan fingerprint density at radius 1 is 1.15 bits per heavy atom. The number of hydrogen-bond acceptors (Lipinski definition) is 6. The number of halogens is 1. The van der Waals surface area contributed by atoms with Crippen LogP contribution in [0.25, 0.3) is 0 Å². The Labute approximate surface area is 162 Å². The summed E-state index contributed by atoms with van der Waals surface area (Å²) in [4.78, 5) is 26.9. The number of ether oxygens (including phenoxy) is 1. The van der Waals surface area contributed by atoms with E-state index in [4.69, 9.17) is 11.6 Å². The number of carbonyl (C=O) groups is 1. The predicted octanol–water partition coefficient (Wildman–Crippen LogP) is 3.36. The first kappa shape index (κ1) is 19.1. The lowest BCUT2D eigenvalue weighted by molar-refractivity contribution is -0.385. The van der Waals surface area contributed by atoms with E-state index in [-0.39, 0.29) is 11.3 Å². The number of nitro groups is 1. The first-order valence-electron chi connectivity index (χ1n) is 8.56. The van der Waals surface area contributed by atoms with Gasteiger partial charge in [-0.05, 0) is 29.8 Å². The maximum absolute atomic E-state index is 11.9. The lowest BCUT2D eigenvalue weighted by Gasteiger charge is -2.36. The molecule has 0 aliphatic carbocycles. The summed E-state index contributed by atoms with van der Waals surface area (Å²) in [6.07, 6.45) is 0. The third kappa shape index (κ3) is 4.56. The van der Waals surface area contributed by atoms with Crippen molar-refractivity contribution in [1.29, 1.82) is 0 Å². The third-order valence-corrected chi connectivity index (χ3v) is 4.89. The zero-order chi connectivity index (χ0) is 19.4. The molecule has 8 heteroatoms. The third-order valence-electron chi connectivity index (χ3n) is 4.64. The van der Waals surface area contributed by atoms with Gasteiger partial charge in [0.1, 0.15) is 5.56 Å². The van der Waals surface area contributed by atoms with Crippen molar-refractivity contribution in [3.05, 3.63) is 68.7 Å². The Morgan fingerprint density at radius 3 is 2.41 bits per heavy atom. The number of rotatable bonds is 5. The standard InChI is InChI=1S/C19H20ClN3O4/c1-27-19(24)17-12-16(6-7-18(17)23(25)26)22-10-8-21(9-11-22)13-14-2-4-15(20)5-3-14/h2-7,12H,8-11,13H2,1H3. The highest BCUT2D eigenvalue weighted by Gasteiger charge is 2.24. The Hall–Kier alpha value is -2.64. The summed E-state index contributed by atoms with van der Waals surface area (Å²) in [5, 5.41) is 11.9. The van der Waals surface area contributed by atoms with E-state index in [0.717, 1.165) is 43.4 Å². The molecule has 0 bridgehead atoms. The summed E-state index contributed by atoms with van der Waals surface area (Å²) in [7, 11) is 1.22. The SMILES string of the molecule is COC(=O)c1cc(N2CCN(Cc3ccc(Cl)cc3)CC2)ccc1[N+](=O)[O-]. The minimum Gasteiger partial charge on any atom is -0.465 e.